The van der Waals surface area contributed by atoms with Gasteiger partial charge >= 0.3 is 0 Å². The van der Waals surface area contributed by atoms with E-state index in [2.05, 4.69) is 49.7 Å². The molecule has 0 spiro atoms. The Morgan fingerprint density at radius 3 is 2.47 bits per heavy atom. The highest BCUT2D eigenvalue weighted by Crippen LogP contribution is 2.22. The fraction of sp³-hybridized carbons (Fsp3) is 0.321. The number of halogens is 1. The standard InChI is InChI=1S/C15H19F.C13H15N/c1-11(2)14-7-6-13(10-12(14)3)8-9-15(4,5)16;1-3-10(2)12-8-11-6-4-5-7-13(11)14-9-12/h6-10H,1H2,2-5H3;4-10H,3H2,1-2H3/b9-8+;. The molecule has 3 aromatic rings. The average Bonchev–Trinajstić information content (AvgIpc) is 2.71. The zero-order valence-corrected chi connectivity index (χ0v) is 19.2. The van der Waals surface area contributed by atoms with E-state index in [9.17, 15) is 4.39 Å². The van der Waals surface area contributed by atoms with Crippen LogP contribution in [0.3, 0.4) is 0 Å². The van der Waals surface area contributed by atoms with Crippen LogP contribution in [0.2, 0.25) is 0 Å². The summed E-state index contributed by atoms with van der Waals surface area (Å²) in [5.74, 6) is 0.604. The van der Waals surface area contributed by atoms with E-state index in [0.29, 0.717) is 5.92 Å². The number of allylic oxidation sites excluding steroid dienone is 2. The number of aryl methyl sites for hydroxylation is 1. The van der Waals surface area contributed by atoms with Gasteiger partial charge in [-0.15, -0.1) is 0 Å². The smallest absolute Gasteiger partial charge is 0.123 e. The van der Waals surface area contributed by atoms with Crippen molar-refractivity contribution in [1.82, 2.24) is 4.98 Å². The Kier molecular flexibility index (Phi) is 8.11. The molecule has 0 aliphatic rings. The van der Waals surface area contributed by atoms with E-state index < -0.39 is 5.67 Å². The molecule has 3 rings (SSSR count). The molecule has 1 nitrogen and oxygen atoms in total. The quantitative estimate of drug-likeness (QED) is 0.416. The largest absolute Gasteiger partial charge is 0.256 e. The van der Waals surface area contributed by atoms with E-state index in [1.54, 1.807) is 19.9 Å². The normalized spacial score (nSPS) is 12.5. The molecule has 1 aromatic heterocycles. The average molecular weight is 404 g/mol. The van der Waals surface area contributed by atoms with Gasteiger partial charge in [-0.2, -0.15) is 0 Å². The monoisotopic (exact) mass is 403 g/mol. The lowest BCUT2D eigenvalue weighted by Gasteiger charge is -2.08. The summed E-state index contributed by atoms with van der Waals surface area (Å²) in [6.07, 6.45) is 6.55. The molecule has 158 valence electrons. The summed E-state index contributed by atoms with van der Waals surface area (Å²) in [5.41, 5.74) is 5.57. The summed E-state index contributed by atoms with van der Waals surface area (Å²) in [4.78, 5) is 4.45. The summed E-state index contributed by atoms with van der Waals surface area (Å²) in [6.45, 7) is 15.5. The molecule has 2 aromatic carbocycles. The number of alkyl halides is 1. The summed E-state index contributed by atoms with van der Waals surface area (Å²) in [6, 6.07) is 16.6. The van der Waals surface area contributed by atoms with Gasteiger partial charge in [0.15, 0.2) is 0 Å². The van der Waals surface area contributed by atoms with Crippen molar-refractivity contribution in [2.75, 3.05) is 0 Å². The van der Waals surface area contributed by atoms with Crippen molar-refractivity contribution in [3.63, 3.8) is 0 Å². The number of pyridine rings is 1. The lowest BCUT2D eigenvalue weighted by molar-refractivity contribution is 0.288. The van der Waals surface area contributed by atoms with Crippen LogP contribution in [0.25, 0.3) is 22.6 Å². The molecule has 0 saturated heterocycles. The Balaban J connectivity index is 0.000000215. The minimum absolute atomic E-state index is 0.604. The topological polar surface area (TPSA) is 12.9 Å². The predicted octanol–water partition coefficient (Wildman–Crippen LogP) is 8.54. The highest BCUT2D eigenvalue weighted by atomic mass is 19.1. The van der Waals surface area contributed by atoms with Crippen LogP contribution in [-0.4, -0.2) is 10.7 Å². The number of hydrogen-bond donors (Lipinski definition) is 0. The molecule has 30 heavy (non-hydrogen) atoms. The second-order valence-electron chi connectivity index (χ2n) is 8.52. The van der Waals surface area contributed by atoms with Crippen LogP contribution in [-0.2, 0) is 0 Å². The van der Waals surface area contributed by atoms with Crippen LogP contribution >= 0.6 is 0 Å². The van der Waals surface area contributed by atoms with Gasteiger partial charge in [0, 0.05) is 11.6 Å². The summed E-state index contributed by atoms with van der Waals surface area (Å²) < 4.78 is 13.3. The molecule has 0 amide bonds. The fourth-order valence-corrected chi connectivity index (χ4v) is 3.16. The fourth-order valence-electron chi connectivity index (χ4n) is 3.16. The van der Waals surface area contributed by atoms with Crippen molar-refractivity contribution in [3.05, 3.63) is 89.6 Å². The molecule has 1 unspecified atom stereocenters. The zero-order valence-electron chi connectivity index (χ0n) is 19.2. The molecule has 0 bridgehead atoms. The Hall–Kier alpha value is -2.74. The van der Waals surface area contributed by atoms with E-state index in [1.807, 2.05) is 50.4 Å². The Bertz CT molecular complexity index is 1020. The Labute approximate surface area is 181 Å². The van der Waals surface area contributed by atoms with Crippen LogP contribution < -0.4 is 0 Å². The molecule has 1 heterocycles. The van der Waals surface area contributed by atoms with Crippen LogP contribution in [0.4, 0.5) is 4.39 Å². The number of rotatable bonds is 5. The van der Waals surface area contributed by atoms with Crippen molar-refractivity contribution in [2.24, 2.45) is 0 Å². The van der Waals surface area contributed by atoms with Gasteiger partial charge in [-0.05, 0) is 80.5 Å². The molecule has 0 saturated carbocycles. The van der Waals surface area contributed by atoms with Crippen molar-refractivity contribution in [2.45, 2.75) is 59.5 Å². The SMILES string of the molecule is C=C(C)c1ccc(/C=C/C(C)(C)F)cc1C.CCC(C)c1cnc2ccccc2c1. The van der Waals surface area contributed by atoms with Gasteiger partial charge in [-0.3, -0.25) is 4.98 Å². The van der Waals surface area contributed by atoms with Gasteiger partial charge < -0.3 is 0 Å². The van der Waals surface area contributed by atoms with Gasteiger partial charge in [0.05, 0.1) is 5.52 Å². The maximum atomic E-state index is 13.3. The highest BCUT2D eigenvalue weighted by Gasteiger charge is 2.09. The third-order valence-corrected chi connectivity index (χ3v) is 5.18. The molecular formula is C28H34FN. The van der Waals surface area contributed by atoms with Crippen molar-refractivity contribution >= 4 is 22.6 Å². The minimum atomic E-state index is -1.26. The molecular weight excluding hydrogens is 369 g/mol. The van der Waals surface area contributed by atoms with Gasteiger partial charge in [0.2, 0.25) is 0 Å². The summed E-state index contributed by atoms with van der Waals surface area (Å²) in [5, 5.41) is 1.24. The molecule has 2 heteroatoms. The van der Waals surface area contributed by atoms with Crippen molar-refractivity contribution in [3.8, 4) is 0 Å². The van der Waals surface area contributed by atoms with E-state index >= 15 is 0 Å². The molecule has 0 aliphatic carbocycles. The van der Waals surface area contributed by atoms with Crippen LogP contribution in [0.15, 0.2) is 67.4 Å². The Morgan fingerprint density at radius 1 is 1.17 bits per heavy atom. The number of benzene rings is 2. The molecule has 0 aliphatic heterocycles. The van der Waals surface area contributed by atoms with Crippen molar-refractivity contribution in [1.29, 1.82) is 0 Å². The van der Waals surface area contributed by atoms with E-state index in [-0.39, 0.29) is 0 Å². The van der Waals surface area contributed by atoms with Crippen LogP contribution in [0.1, 0.15) is 69.2 Å². The van der Waals surface area contributed by atoms with E-state index in [1.165, 1.54) is 22.9 Å². The van der Waals surface area contributed by atoms with Gasteiger partial charge in [0.25, 0.3) is 0 Å². The minimum Gasteiger partial charge on any atom is -0.256 e. The second kappa shape index (κ2) is 10.3. The molecule has 0 radical (unpaired) electrons. The van der Waals surface area contributed by atoms with Crippen molar-refractivity contribution < 1.29 is 4.39 Å². The van der Waals surface area contributed by atoms with Crippen LogP contribution in [0.5, 0.6) is 0 Å². The predicted molar refractivity (Wildman–Crippen MR) is 131 cm³/mol. The molecule has 0 fully saturated rings. The highest BCUT2D eigenvalue weighted by molar-refractivity contribution is 5.78. The van der Waals surface area contributed by atoms with Gasteiger partial charge in [0.1, 0.15) is 5.67 Å². The number of aromatic nitrogens is 1. The molecule has 1 atom stereocenters. The first-order valence-electron chi connectivity index (χ1n) is 10.6. The number of fused-ring (bicyclic) bond motifs is 1. The molecule has 0 N–H and O–H groups in total. The number of nitrogens with zero attached hydrogens (tertiary/aromatic N) is 1. The first-order valence-corrected chi connectivity index (χ1v) is 10.6. The first-order chi connectivity index (χ1) is 14.1. The lowest BCUT2D eigenvalue weighted by atomic mass is 9.99. The number of para-hydroxylation sites is 1. The zero-order chi connectivity index (χ0) is 22.3. The third kappa shape index (κ3) is 6.95. The lowest BCUT2D eigenvalue weighted by Crippen LogP contribution is -2.05. The number of hydrogen-bond acceptors (Lipinski definition) is 1. The summed E-state index contributed by atoms with van der Waals surface area (Å²) in [7, 11) is 0. The van der Waals surface area contributed by atoms with E-state index in [0.717, 1.165) is 22.2 Å². The second-order valence-corrected chi connectivity index (χ2v) is 8.52. The maximum absolute atomic E-state index is 13.3. The van der Waals surface area contributed by atoms with Gasteiger partial charge in [-0.1, -0.05) is 68.5 Å². The Morgan fingerprint density at radius 2 is 1.87 bits per heavy atom. The third-order valence-electron chi connectivity index (χ3n) is 5.18. The van der Waals surface area contributed by atoms with E-state index in [4.69, 9.17) is 0 Å². The first kappa shape index (κ1) is 23.5. The maximum Gasteiger partial charge on any atom is 0.123 e. The van der Waals surface area contributed by atoms with Crippen LogP contribution in [0, 0.1) is 6.92 Å². The van der Waals surface area contributed by atoms with Gasteiger partial charge in [-0.25, -0.2) is 4.39 Å². The summed E-state index contributed by atoms with van der Waals surface area (Å²) >= 11 is 0.